The van der Waals surface area contributed by atoms with Gasteiger partial charge in [0.15, 0.2) is 5.58 Å². The summed E-state index contributed by atoms with van der Waals surface area (Å²) >= 11 is 5.83. The average molecular weight is 460 g/mol. The quantitative estimate of drug-likeness (QED) is 0.551. The maximum Gasteiger partial charge on any atom is 0.294 e. The summed E-state index contributed by atoms with van der Waals surface area (Å²) in [7, 11) is 4.06. The monoisotopic (exact) mass is 459 g/mol. The Kier molecular flexibility index (Phi) is 6.38. The minimum atomic E-state index is -0.744. The van der Waals surface area contributed by atoms with Crippen LogP contribution in [0.15, 0.2) is 34.9 Å². The molecule has 10 heteroatoms. The molecule has 4 rings (SSSR count). The predicted molar refractivity (Wildman–Crippen MR) is 119 cm³/mol. The van der Waals surface area contributed by atoms with Crippen molar-refractivity contribution < 1.29 is 18.4 Å². The predicted octanol–water partition coefficient (Wildman–Crippen LogP) is 4.33. The molecule has 1 fully saturated rings. The van der Waals surface area contributed by atoms with Gasteiger partial charge in [0.2, 0.25) is 17.6 Å². The van der Waals surface area contributed by atoms with Gasteiger partial charge in [-0.1, -0.05) is 11.6 Å². The Hall–Kier alpha value is -3.04. The van der Waals surface area contributed by atoms with Crippen LogP contribution in [0.25, 0.3) is 11.1 Å². The summed E-state index contributed by atoms with van der Waals surface area (Å²) in [6.07, 6.45) is 4.64. The number of nitrogens with one attached hydrogen (secondary N) is 2. The lowest BCUT2D eigenvalue weighted by Gasteiger charge is -2.31. The highest BCUT2D eigenvalue weighted by Gasteiger charge is 2.30. The zero-order valence-electron chi connectivity index (χ0n) is 17.7. The molecular formula is C22H23ClFN5O3. The van der Waals surface area contributed by atoms with Gasteiger partial charge in [0.1, 0.15) is 17.0 Å². The summed E-state index contributed by atoms with van der Waals surface area (Å²) in [6, 6.07) is 6.04. The molecule has 0 radical (unpaired) electrons. The summed E-state index contributed by atoms with van der Waals surface area (Å²) in [5.41, 5.74) is 0.312. The average Bonchev–Trinajstić information content (AvgIpc) is 3.13. The number of fused-ring (bicyclic) bond motifs is 1. The number of nitrogens with zero attached hydrogens (tertiary/aromatic N) is 3. The summed E-state index contributed by atoms with van der Waals surface area (Å²) in [6.45, 7) is 0. The van der Waals surface area contributed by atoms with Gasteiger partial charge in [-0.05, 0) is 64.0 Å². The van der Waals surface area contributed by atoms with Gasteiger partial charge in [-0.3, -0.25) is 9.59 Å². The molecule has 0 atom stereocenters. The molecule has 1 aliphatic rings. The number of carbonyl (C=O) groups is 2. The third-order valence-corrected chi connectivity index (χ3v) is 5.94. The Morgan fingerprint density at radius 3 is 2.53 bits per heavy atom. The van der Waals surface area contributed by atoms with E-state index in [9.17, 15) is 14.0 Å². The number of amides is 2. The first-order chi connectivity index (χ1) is 15.3. The highest BCUT2D eigenvalue weighted by molar-refractivity contribution is 6.30. The molecule has 0 bridgehead atoms. The molecule has 0 aliphatic heterocycles. The van der Waals surface area contributed by atoms with Crippen molar-refractivity contribution in [2.45, 2.75) is 31.7 Å². The van der Waals surface area contributed by atoms with E-state index >= 15 is 0 Å². The van der Waals surface area contributed by atoms with E-state index in [1.54, 1.807) is 6.07 Å². The summed E-state index contributed by atoms with van der Waals surface area (Å²) in [5.74, 6) is -1.77. The molecule has 0 aromatic carbocycles. The number of aromatic nitrogens is 2. The van der Waals surface area contributed by atoms with E-state index in [4.69, 9.17) is 16.0 Å². The largest absolute Gasteiger partial charge is 0.447 e. The van der Waals surface area contributed by atoms with Gasteiger partial charge < -0.3 is 20.0 Å². The van der Waals surface area contributed by atoms with Crippen LogP contribution < -0.4 is 10.6 Å². The maximum atomic E-state index is 13.8. The second kappa shape index (κ2) is 9.22. The van der Waals surface area contributed by atoms with E-state index in [-0.39, 0.29) is 40.2 Å². The Morgan fingerprint density at radius 1 is 1.12 bits per heavy atom. The first-order valence-electron chi connectivity index (χ1n) is 10.3. The summed E-state index contributed by atoms with van der Waals surface area (Å²) < 4.78 is 19.5. The van der Waals surface area contributed by atoms with Gasteiger partial charge >= 0.3 is 0 Å². The van der Waals surface area contributed by atoms with Gasteiger partial charge in [-0.2, -0.15) is 4.39 Å². The van der Waals surface area contributed by atoms with Crippen molar-refractivity contribution in [3.8, 4) is 0 Å². The minimum absolute atomic E-state index is 0.0469. The van der Waals surface area contributed by atoms with Crippen LogP contribution in [0.1, 0.15) is 36.2 Å². The number of carbonyl (C=O) groups excluding carboxylic acids is 2. The molecular weight excluding hydrogens is 437 g/mol. The fraction of sp³-hybridized carbons (Fsp3) is 0.364. The van der Waals surface area contributed by atoms with E-state index in [0.29, 0.717) is 11.1 Å². The third kappa shape index (κ3) is 4.73. The van der Waals surface area contributed by atoms with Crippen LogP contribution >= 0.6 is 11.6 Å². The molecule has 1 aliphatic carbocycles. The molecule has 32 heavy (non-hydrogen) atoms. The van der Waals surface area contributed by atoms with Gasteiger partial charge in [0.05, 0.1) is 5.02 Å². The lowest BCUT2D eigenvalue weighted by molar-refractivity contribution is -0.121. The van der Waals surface area contributed by atoms with Crippen molar-refractivity contribution in [1.29, 1.82) is 0 Å². The molecule has 2 N–H and O–H groups in total. The van der Waals surface area contributed by atoms with Crippen LogP contribution in [-0.2, 0) is 4.79 Å². The number of halogens is 2. The molecule has 0 saturated heterocycles. The number of hydrogen-bond donors (Lipinski definition) is 2. The number of rotatable bonds is 5. The SMILES string of the molecule is CN(C)[C@H]1CC[C@H](C(=O)Nc2c(C(=O)Nc3ccc(Cl)cn3)oc3ccc(F)nc23)CC1. The number of hydrogen-bond acceptors (Lipinski definition) is 6. The second-order valence-corrected chi connectivity index (χ2v) is 8.50. The van der Waals surface area contributed by atoms with Crippen LogP contribution in [0.5, 0.6) is 0 Å². The van der Waals surface area contributed by atoms with E-state index < -0.39 is 11.9 Å². The van der Waals surface area contributed by atoms with E-state index in [1.807, 2.05) is 14.1 Å². The number of furan rings is 1. The fourth-order valence-corrected chi connectivity index (χ4v) is 4.04. The molecule has 3 aromatic rings. The highest BCUT2D eigenvalue weighted by Crippen LogP contribution is 2.33. The van der Waals surface area contributed by atoms with Crippen LogP contribution in [0.4, 0.5) is 15.9 Å². The molecule has 0 spiro atoms. The van der Waals surface area contributed by atoms with E-state index in [2.05, 4.69) is 25.5 Å². The third-order valence-electron chi connectivity index (χ3n) is 5.72. The zero-order valence-corrected chi connectivity index (χ0v) is 18.4. The smallest absolute Gasteiger partial charge is 0.294 e. The van der Waals surface area contributed by atoms with Gasteiger partial charge in [0, 0.05) is 18.2 Å². The maximum absolute atomic E-state index is 13.8. The van der Waals surface area contributed by atoms with E-state index in [1.165, 1.54) is 18.3 Å². The molecule has 1 saturated carbocycles. The van der Waals surface area contributed by atoms with Crippen molar-refractivity contribution in [3.63, 3.8) is 0 Å². The van der Waals surface area contributed by atoms with Crippen LogP contribution in [0.3, 0.4) is 0 Å². The summed E-state index contributed by atoms with van der Waals surface area (Å²) in [5, 5.41) is 5.78. The molecule has 3 aromatic heterocycles. The minimum Gasteiger partial charge on any atom is -0.447 e. The van der Waals surface area contributed by atoms with Gasteiger partial charge in [-0.25, -0.2) is 9.97 Å². The zero-order chi connectivity index (χ0) is 22.8. The Morgan fingerprint density at radius 2 is 1.88 bits per heavy atom. The van der Waals surface area contributed by atoms with Crippen LogP contribution in [0.2, 0.25) is 5.02 Å². The van der Waals surface area contributed by atoms with E-state index in [0.717, 1.165) is 31.7 Å². The van der Waals surface area contributed by atoms with Crippen molar-refractivity contribution in [2.24, 2.45) is 5.92 Å². The lowest BCUT2D eigenvalue weighted by Crippen LogP contribution is -2.35. The first-order valence-corrected chi connectivity index (χ1v) is 10.7. The molecule has 168 valence electrons. The Bertz CT molecular complexity index is 1140. The number of pyridine rings is 2. The van der Waals surface area contributed by atoms with Crippen LogP contribution in [0, 0.1) is 11.9 Å². The highest BCUT2D eigenvalue weighted by atomic mass is 35.5. The fourth-order valence-electron chi connectivity index (χ4n) is 3.93. The van der Waals surface area contributed by atoms with Crippen molar-refractivity contribution >= 4 is 46.0 Å². The van der Waals surface area contributed by atoms with Crippen molar-refractivity contribution in [2.75, 3.05) is 24.7 Å². The molecule has 3 heterocycles. The number of anilines is 2. The Labute approximate surface area is 189 Å². The van der Waals surface area contributed by atoms with Crippen LogP contribution in [-0.4, -0.2) is 46.8 Å². The summed E-state index contributed by atoms with van der Waals surface area (Å²) in [4.78, 5) is 35.9. The Balaban J connectivity index is 1.59. The molecule has 8 nitrogen and oxygen atoms in total. The van der Waals surface area contributed by atoms with Crippen molar-refractivity contribution in [3.05, 3.63) is 47.2 Å². The molecule has 2 amide bonds. The standard InChI is InChI=1S/C22H23ClFN5O3/c1-29(2)14-6-3-12(4-7-14)21(30)28-19-18-15(8-9-16(24)26-18)32-20(19)22(31)27-17-10-5-13(23)11-25-17/h5,8-12,14H,3-4,6-7H2,1-2H3,(H,28,30)(H,25,27,31)/t12-,14-. The lowest BCUT2D eigenvalue weighted by atomic mass is 9.85. The van der Waals surface area contributed by atoms with Gasteiger partial charge in [0.25, 0.3) is 5.91 Å². The first kappa shape index (κ1) is 22.2. The second-order valence-electron chi connectivity index (χ2n) is 8.06. The van der Waals surface area contributed by atoms with Gasteiger partial charge in [-0.15, -0.1) is 0 Å². The molecule has 0 unspecified atom stereocenters. The van der Waals surface area contributed by atoms with Crippen molar-refractivity contribution in [1.82, 2.24) is 14.9 Å². The topological polar surface area (TPSA) is 100 Å². The normalized spacial score (nSPS) is 18.7.